The Morgan fingerprint density at radius 1 is 1.17 bits per heavy atom. The molecule has 23 heavy (non-hydrogen) atoms. The van der Waals surface area contributed by atoms with E-state index in [1.807, 2.05) is 6.08 Å². The molecule has 1 heterocycles. The van der Waals surface area contributed by atoms with Gasteiger partial charge in [-0.15, -0.1) is 6.58 Å². The van der Waals surface area contributed by atoms with Gasteiger partial charge in [0.1, 0.15) is 0 Å². The van der Waals surface area contributed by atoms with Gasteiger partial charge in [-0.3, -0.25) is 0 Å². The van der Waals surface area contributed by atoms with Crippen molar-refractivity contribution in [2.45, 2.75) is 110 Å². The van der Waals surface area contributed by atoms with Crippen LogP contribution in [0.4, 0.5) is 0 Å². The molecule has 1 N–H and O–H groups in total. The molecule has 0 spiro atoms. The summed E-state index contributed by atoms with van der Waals surface area (Å²) in [4.78, 5) is 0. The first-order valence-electron chi connectivity index (χ1n) is 10.2. The molecule has 0 aromatic rings. The summed E-state index contributed by atoms with van der Waals surface area (Å²) in [6.07, 6.45) is 16.7. The van der Waals surface area contributed by atoms with Gasteiger partial charge in [0.05, 0.1) is 12.2 Å². The molecule has 1 fully saturated rings. The summed E-state index contributed by atoms with van der Waals surface area (Å²) in [7, 11) is 0. The lowest BCUT2D eigenvalue weighted by molar-refractivity contribution is -0.0175. The van der Waals surface area contributed by atoms with Crippen molar-refractivity contribution in [1.82, 2.24) is 5.32 Å². The highest BCUT2D eigenvalue weighted by Crippen LogP contribution is 2.22. The number of nitrogens with one attached hydrogen (secondary N) is 1. The first kappa shape index (κ1) is 20.7. The molecule has 1 rings (SSSR count). The number of unbranched alkanes of at least 4 members (excludes halogenated alkanes) is 2. The van der Waals surface area contributed by atoms with E-state index in [-0.39, 0.29) is 0 Å². The van der Waals surface area contributed by atoms with Crippen molar-refractivity contribution in [1.29, 1.82) is 0 Å². The first-order chi connectivity index (χ1) is 11.2. The van der Waals surface area contributed by atoms with Gasteiger partial charge in [-0.05, 0) is 70.8 Å². The fourth-order valence-electron chi connectivity index (χ4n) is 3.68. The molecule has 0 aromatic carbocycles. The highest BCUT2D eigenvalue weighted by atomic mass is 16.5. The largest absolute Gasteiger partial charge is 0.375 e. The minimum atomic E-state index is 0.406. The number of ether oxygens (including phenoxy) is 1. The lowest BCUT2D eigenvalue weighted by Gasteiger charge is -2.23. The Morgan fingerprint density at radius 3 is 2.61 bits per heavy atom. The topological polar surface area (TPSA) is 21.3 Å². The Hall–Kier alpha value is -0.340. The van der Waals surface area contributed by atoms with Gasteiger partial charge in [-0.1, -0.05) is 39.2 Å². The highest BCUT2D eigenvalue weighted by Gasteiger charge is 2.22. The summed E-state index contributed by atoms with van der Waals surface area (Å²) >= 11 is 0. The maximum atomic E-state index is 6.35. The lowest BCUT2D eigenvalue weighted by atomic mass is 9.99. The van der Waals surface area contributed by atoms with E-state index in [0.717, 1.165) is 18.4 Å². The summed E-state index contributed by atoms with van der Waals surface area (Å²) in [6.45, 7) is 11.9. The molecular weight excluding hydrogens is 282 g/mol. The molecule has 0 bridgehead atoms. The van der Waals surface area contributed by atoms with E-state index >= 15 is 0 Å². The Balaban J connectivity index is 2.17. The number of rotatable bonds is 14. The van der Waals surface area contributed by atoms with Crippen molar-refractivity contribution in [2.75, 3.05) is 6.54 Å². The van der Waals surface area contributed by atoms with Crippen molar-refractivity contribution in [3.8, 4) is 0 Å². The van der Waals surface area contributed by atoms with Crippen LogP contribution >= 0.6 is 0 Å². The summed E-state index contributed by atoms with van der Waals surface area (Å²) in [5.74, 6) is 0.914. The molecule has 1 aliphatic rings. The van der Waals surface area contributed by atoms with Gasteiger partial charge >= 0.3 is 0 Å². The third-order valence-corrected chi connectivity index (χ3v) is 5.29. The normalized spacial score (nSPS) is 23.8. The fourth-order valence-corrected chi connectivity index (χ4v) is 3.68. The van der Waals surface area contributed by atoms with Gasteiger partial charge in [0.15, 0.2) is 0 Å². The van der Waals surface area contributed by atoms with Crippen molar-refractivity contribution in [3.05, 3.63) is 12.7 Å². The van der Waals surface area contributed by atoms with Crippen LogP contribution in [0.15, 0.2) is 12.7 Å². The molecule has 1 aliphatic heterocycles. The zero-order chi connectivity index (χ0) is 16.9. The minimum Gasteiger partial charge on any atom is -0.375 e. The van der Waals surface area contributed by atoms with E-state index in [4.69, 9.17) is 4.74 Å². The van der Waals surface area contributed by atoms with E-state index in [9.17, 15) is 0 Å². The van der Waals surface area contributed by atoms with Crippen LogP contribution in [0.3, 0.4) is 0 Å². The molecule has 0 saturated carbocycles. The second kappa shape index (κ2) is 13.0. The summed E-state index contributed by atoms with van der Waals surface area (Å²) in [5.41, 5.74) is 0. The molecule has 0 aliphatic carbocycles. The van der Waals surface area contributed by atoms with E-state index in [0.29, 0.717) is 12.2 Å². The van der Waals surface area contributed by atoms with Gasteiger partial charge in [0, 0.05) is 6.04 Å². The van der Waals surface area contributed by atoms with E-state index in [1.165, 1.54) is 70.8 Å². The second-order valence-electron chi connectivity index (χ2n) is 7.48. The predicted octanol–water partition coefficient (Wildman–Crippen LogP) is 5.87. The molecule has 0 amide bonds. The molecule has 4 unspecified atom stereocenters. The molecule has 2 nitrogen and oxygen atoms in total. The molecule has 2 heteroatoms. The number of hydrogen-bond donors (Lipinski definition) is 1. The van der Waals surface area contributed by atoms with Gasteiger partial charge in [0.2, 0.25) is 0 Å². The zero-order valence-corrected chi connectivity index (χ0v) is 16.0. The molecule has 0 radical (unpaired) electrons. The van der Waals surface area contributed by atoms with Crippen LogP contribution in [0.25, 0.3) is 0 Å². The maximum Gasteiger partial charge on any atom is 0.0578 e. The average molecular weight is 324 g/mol. The minimum absolute atomic E-state index is 0.406. The Kier molecular flexibility index (Phi) is 11.7. The molecular formula is C21H41NO. The van der Waals surface area contributed by atoms with Gasteiger partial charge in [-0.25, -0.2) is 0 Å². The maximum absolute atomic E-state index is 6.35. The van der Waals surface area contributed by atoms with Crippen LogP contribution in [-0.4, -0.2) is 24.8 Å². The summed E-state index contributed by atoms with van der Waals surface area (Å²) < 4.78 is 6.35. The summed E-state index contributed by atoms with van der Waals surface area (Å²) in [5, 5.41) is 3.68. The van der Waals surface area contributed by atoms with Gasteiger partial charge < -0.3 is 10.1 Å². The van der Waals surface area contributed by atoms with Gasteiger partial charge in [0.25, 0.3) is 0 Å². The Labute approximate surface area is 145 Å². The third-order valence-electron chi connectivity index (χ3n) is 5.29. The van der Waals surface area contributed by atoms with Crippen LogP contribution in [0.1, 0.15) is 91.4 Å². The fraction of sp³-hybridized carbons (Fsp3) is 0.905. The lowest BCUT2D eigenvalue weighted by Crippen LogP contribution is -2.23. The average Bonchev–Trinajstić information content (AvgIpc) is 3.00. The van der Waals surface area contributed by atoms with Crippen LogP contribution < -0.4 is 5.32 Å². The number of allylic oxidation sites excluding steroid dienone is 1. The van der Waals surface area contributed by atoms with E-state index in [2.05, 4.69) is 32.7 Å². The zero-order valence-electron chi connectivity index (χ0n) is 16.0. The Bertz CT molecular complexity index is 292. The van der Waals surface area contributed by atoms with Crippen molar-refractivity contribution >= 4 is 0 Å². The smallest absolute Gasteiger partial charge is 0.0578 e. The monoisotopic (exact) mass is 323 g/mol. The van der Waals surface area contributed by atoms with Crippen molar-refractivity contribution in [2.24, 2.45) is 5.92 Å². The Morgan fingerprint density at radius 2 is 1.96 bits per heavy atom. The SMILES string of the molecule is C=CCCCC(CCCC)OC(C)CCCC1CC(CC)CN1. The third kappa shape index (κ3) is 9.52. The standard InChI is InChI=1S/C21H41NO/c1-5-8-10-15-21(14-9-6-2)23-18(4)12-11-13-20-16-19(7-3)17-22-20/h5,18-22H,1,6-17H2,2-4H3. The van der Waals surface area contributed by atoms with E-state index in [1.54, 1.807) is 0 Å². The first-order valence-corrected chi connectivity index (χ1v) is 10.2. The number of hydrogen-bond acceptors (Lipinski definition) is 2. The van der Waals surface area contributed by atoms with Crippen LogP contribution in [0.5, 0.6) is 0 Å². The molecule has 1 saturated heterocycles. The van der Waals surface area contributed by atoms with Crippen LogP contribution in [0, 0.1) is 5.92 Å². The predicted molar refractivity (Wildman–Crippen MR) is 102 cm³/mol. The van der Waals surface area contributed by atoms with Crippen molar-refractivity contribution in [3.63, 3.8) is 0 Å². The van der Waals surface area contributed by atoms with Crippen LogP contribution in [-0.2, 0) is 4.74 Å². The van der Waals surface area contributed by atoms with Crippen molar-refractivity contribution < 1.29 is 4.74 Å². The van der Waals surface area contributed by atoms with Gasteiger partial charge in [-0.2, -0.15) is 0 Å². The highest BCUT2D eigenvalue weighted by molar-refractivity contribution is 4.80. The molecule has 136 valence electrons. The molecule has 4 atom stereocenters. The molecule has 0 aromatic heterocycles. The van der Waals surface area contributed by atoms with E-state index < -0.39 is 0 Å². The summed E-state index contributed by atoms with van der Waals surface area (Å²) in [6, 6.07) is 0.760. The quantitative estimate of drug-likeness (QED) is 0.319. The van der Waals surface area contributed by atoms with Crippen LogP contribution in [0.2, 0.25) is 0 Å². The second-order valence-corrected chi connectivity index (χ2v) is 7.48.